The van der Waals surface area contributed by atoms with Crippen molar-refractivity contribution >= 4 is 28.6 Å². The molecule has 26 heavy (non-hydrogen) atoms. The Morgan fingerprint density at radius 1 is 1.15 bits per heavy atom. The van der Waals surface area contributed by atoms with Gasteiger partial charge in [0.1, 0.15) is 0 Å². The highest BCUT2D eigenvalue weighted by molar-refractivity contribution is 8.00. The maximum absolute atomic E-state index is 12.6. The Morgan fingerprint density at radius 3 is 2.58 bits per heavy atom. The molecule has 2 aromatic carbocycles. The summed E-state index contributed by atoms with van der Waals surface area (Å²) in [5.41, 5.74) is 1.60. The molecule has 0 aliphatic rings. The van der Waals surface area contributed by atoms with Gasteiger partial charge in [-0.15, -0.1) is 0 Å². The van der Waals surface area contributed by atoms with Crippen LogP contribution >= 0.6 is 11.8 Å². The summed E-state index contributed by atoms with van der Waals surface area (Å²) < 4.78 is 1.51. The van der Waals surface area contributed by atoms with E-state index in [1.54, 1.807) is 13.1 Å². The van der Waals surface area contributed by atoms with Crippen LogP contribution in [0.3, 0.4) is 0 Å². The van der Waals surface area contributed by atoms with Crippen LogP contribution in [0.1, 0.15) is 18.9 Å². The highest BCUT2D eigenvalue weighted by Gasteiger charge is 2.20. The Bertz CT molecular complexity index is 970. The smallest absolute Gasteiger partial charge is 0.261 e. The van der Waals surface area contributed by atoms with Crippen LogP contribution in [-0.2, 0) is 18.4 Å². The lowest BCUT2D eigenvalue weighted by Gasteiger charge is -2.16. The fraction of sp³-hybridized carbons (Fsp3) is 0.250. The lowest BCUT2D eigenvalue weighted by Crippen LogP contribution is -2.32. The third kappa shape index (κ3) is 3.96. The van der Waals surface area contributed by atoms with Gasteiger partial charge in [-0.25, -0.2) is 4.98 Å². The van der Waals surface area contributed by atoms with Gasteiger partial charge >= 0.3 is 0 Å². The average Bonchev–Trinajstić information content (AvgIpc) is 2.68. The number of rotatable bonds is 6. The second kappa shape index (κ2) is 8.19. The third-order valence-corrected chi connectivity index (χ3v) is 5.57. The molecule has 0 aliphatic carbocycles. The summed E-state index contributed by atoms with van der Waals surface area (Å²) in [6.07, 6.45) is 0.647. The van der Waals surface area contributed by atoms with E-state index in [-0.39, 0.29) is 16.7 Å². The summed E-state index contributed by atoms with van der Waals surface area (Å²) in [5.74, 6) is -0.0521. The lowest BCUT2D eigenvalue weighted by molar-refractivity contribution is -0.120. The van der Waals surface area contributed by atoms with Crippen LogP contribution in [0.15, 0.2) is 64.5 Å². The molecule has 1 unspecified atom stereocenters. The normalized spacial score (nSPS) is 12.1. The molecule has 0 saturated heterocycles. The van der Waals surface area contributed by atoms with Crippen molar-refractivity contribution in [2.45, 2.75) is 30.3 Å². The van der Waals surface area contributed by atoms with Crippen molar-refractivity contribution in [3.8, 4) is 0 Å². The summed E-state index contributed by atoms with van der Waals surface area (Å²) in [5, 5.41) is 3.79. The van der Waals surface area contributed by atoms with E-state index in [9.17, 15) is 9.59 Å². The van der Waals surface area contributed by atoms with Crippen LogP contribution in [0, 0.1) is 0 Å². The number of para-hydroxylation sites is 1. The summed E-state index contributed by atoms with van der Waals surface area (Å²) in [4.78, 5) is 29.6. The summed E-state index contributed by atoms with van der Waals surface area (Å²) in [6.45, 7) is 2.44. The number of thioether (sulfide) groups is 1. The first-order chi connectivity index (χ1) is 12.6. The molecule has 0 fully saturated rings. The van der Waals surface area contributed by atoms with Crippen LogP contribution in [0.4, 0.5) is 0 Å². The van der Waals surface area contributed by atoms with Gasteiger partial charge in [0.05, 0.1) is 16.2 Å². The molecule has 0 aliphatic heterocycles. The second-order valence-electron chi connectivity index (χ2n) is 5.99. The zero-order chi connectivity index (χ0) is 18.5. The van der Waals surface area contributed by atoms with Crippen molar-refractivity contribution in [1.29, 1.82) is 0 Å². The fourth-order valence-corrected chi connectivity index (χ4v) is 3.65. The van der Waals surface area contributed by atoms with Gasteiger partial charge in [-0.3, -0.25) is 14.2 Å². The summed E-state index contributed by atoms with van der Waals surface area (Å²) >= 11 is 1.33. The van der Waals surface area contributed by atoms with Crippen LogP contribution < -0.4 is 10.9 Å². The van der Waals surface area contributed by atoms with E-state index in [0.29, 0.717) is 29.0 Å². The number of aromatic nitrogens is 2. The Balaban J connectivity index is 1.77. The number of carbonyl (C=O) groups excluding carboxylic acids is 1. The van der Waals surface area contributed by atoms with E-state index in [2.05, 4.69) is 10.3 Å². The SMILES string of the molecule is CCC(Sc1nc2ccccc2c(=O)n1C)C(=O)NCc1ccccc1. The van der Waals surface area contributed by atoms with Crippen molar-refractivity contribution in [2.75, 3.05) is 0 Å². The predicted octanol–water partition coefficient (Wildman–Crippen LogP) is 3.12. The first-order valence-electron chi connectivity index (χ1n) is 8.54. The standard InChI is InChI=1S/C20H21N3O2S/c1-3-17(18(24)21-13-14-9-5-4-6-10-14)26-20-22-16-12-8-7-11-15(16)19(25)23(20)2/h4-12,17H,3,13H2,1-2H3,(H,21,24). The third-order valence-electron chi connectivity index (χ3n) is 4.16. The topological polar surface area (TPSA) is 64.0 Å². The molecule has 0 spiro atoms. The molecular weight excluding hydrogens is 346 g/mol. The monoisotopic (exact) mass is 367 g/mol. The molecule has 1 aromatic heterocycles. The van der Waals surface area contributed by atoms with Gasteiger partial charge in [0.25, 0.3) is 5.56 Å². The number of nitrogens with one attached hydrogen (secondary N) is 1. The van der Waals surface area contributed by atoms with Gasteiger partial charge in [-0.1, -0.05) is 61.2 Å². The highest BCUT2D eigenvalue weighted by Crippen LogP contribution is 2.24. The maximum Gasteiger partial charge on any atom is 0.261 e. The van der Waals surface area contributed by atoms with Crippen molar-refractivity contribution in [1.82, 2.24) is 14.9 Å². The number of hydrogen-bond donors (Lipinski definition) is 1. The first kappa shape index (κ1) is 18.2. The van der Waals surface area contributed by atoms with Gasteiger partial charge in [0.2, 0.25) is 5.91 Å². The zero-order valence-electron chi connectivity index (χ0n) is 14.8. The molecule has 3 aromatic rings. The number of carbonyl (C=O) groups is 1. The highest BCUT2D eigenvalue weighted by atomic mass is 32.2. The Kier molecular flexibility index (Phi) is 5.73. The Morgan fingerprint density at radius 2 is 1.85 bits per heavy atom. The molecule has 3 rings (SSSR count). The molecule has 134 valence electrons. The van der Waals surface area contributed by atoms with Gasteiger partial charge in [-0.05, 0) is 24.1 Å². The van der Waals surface area contributed by atoms with Crippen LogP contribution in [0.2, 0.25) is 0 Å². The van der Waals surface area contributed by atoms with E-state index >= 15 is 0 Å². The minimum Gasteiger partial charge on any atom is -0.351 e. The quantitative estimate of drug-likeness (QED) is 0.537. The first-order valence-corrected chi connectivity index (χ1v) is 9.42. The molecule has 6 heteroatoms. The van der Waals surface area contributed by atoms with E-state index in [0.717, 1.165) is 5.56 Å². The van der Waals surface area contributed by atoms with Crippen molar-refractivity contribution in [3.63, 3.8) is 0 Å². The largest absolute Gasteiger partial charge is 0.351 e. The molecule has 5 nitrogen and oxygen atoms in total. The van der Waals surface area contributed by atoms with Gasteiger partial charge in [0.15, 0.2) is 5.16 Å². The van der Waals surface area contributed by atoms with E-state index in [1.807, 2.05) is 55.5 Å². The average molecular weight is 367 g/mol. The number of benzene rings is 2. The van der Waals surface area contributed by atoms with Crippen LogP contribution in [-0.4, -0.2) is 20.7 Å². The number of hydrogen-bond acceptors (Lipinski definition) is 4. The maximum atomic E-state index is 12.6. The number of amides is 1. The van der Waals surface area contributed by atoms with E-state index in [1.165, 1.54) is 16.3 Å². The summed E-state index contributed by atoms with van der Waals surface area (Å²) in [7, 11) is 1.69. The molecule has 1 N–H and O–H groups in total. The molecular formula is C20H21N3O2S. The van der Waals surface area contributed by atoms with Crippen molar-refractivity contribution in [2.24, 2.45) is 7.05 Å². The Hall–Kier alpha value is -2.60. The predicted molar refractivity (Wildman–Crippen MR) is 105 cm³/mol. The van der Waals surface area contributed by atoms with Crippen molar-refractivity contribution in [3.05, 3.63) is 70.5 Å². The van der Waals surface area contributed by atoms with Crippen LogP contribution in [0.25, 0.3) is 10.9 Å². The molecule has 1 amide bonds. The zero-order valence-corrected chi connectivity index (χ0v) is 15.6. The Labute approximate surface area is 156 Å². The minimum atomic E-state index is -0.307. The lowest BCUT2D eigenvalue weighted by atomic mass is 10.2. The molecule has 0 bridgehead atoms. The van der Waals surface area contributed by atoms with E-state index < -0.39 is 0 Å². The van der Waals surface area contributed by atoms with Gasteiger partial charge < -0.3 is 5.32 Å². The van der Waals surface area contributed by atoms with Gasteiger partial charge in [-0.2, -0.15) is 0 Å². The molecule has 0 saturated carbocycles. The van der Waals surface area contributed by atoms with E-state index in [4.69, 9.17) is 0 Å². The minimum absolute atomic E-state index is 0.0521. The van der Waals surface area contributed by atoms with Crippen molar-refractivity contribution < 1.29 is 4.79 Å². The van der Waals surface area contributed by atoms with Crippen LogP contribution in [0.5, 0.6) is 0 Å². The summed E-state index contributed by atoms with van der Waals surface area (Å²) in [6, 6.07) is 17.1. The van der Waals surface area contributed by atoms with Gasteiger partial charge in [0, 0.05) is 13.6 Å². The fourth-order valence-electron chi connectivity index (χ4n) is 2.65. The second-order valence-corrected chi connectivity index (χ2v) is 7.16. The molecule has 0 radical (unpaired) electrons. The molecule has 1 atom stereocenters. The number of fused-ring (bicyclic) bond motifs is 1. The molecule has 1 heterocycles. The number of nitrogens with zero attached hydrogens (tertiary/aromatic N) is 2.